The molecule has 0 bridgehead atoms. The summed E-state index contributed by atoms with van der Waals surface area (Å²) in [6.07, 6.45) is 10.5. The van der Waals surface area contributed by atoms with E-state index in [9.17, 15) is 10.5 Å². The highest BCUT2D eigenvalue weighted by atomic mass is 15.1. The van der Waals surface area contributed by atoms with E-state index in [0.29, 0.717) is 16.5 Å². The molecular formula is C18H19N3. The first-order valence-corrected chi connectivity index (χ1v) is 7.61. The summed E-state index contributed by atoms with van der Waals surface area (Å²) in [5.41, 5.74) is 2.42. The first kappa shape index (κ1) is 13.7. The summed E-state index contributed by atoms with van der Waals surface area (Å²) in [6.45, 7) is 1.91. The molecule has 0 saturated carbocycles. The third kappa shape index (κ3) is 2.52. The summed E-state index contributed by atoms with van der Waals surface area (Å²) in [5, 5.41) is 18.7. The molecule has 0 amide bonds. The van der Waals surface area contributed by atoms with Crippen molar-refractivity contribution in [3.63, 3.8) is 0 Å². The fraction of sp³-hybridized carbons (Fsp3) is 0.444. The van der Waals surface area contributed by atoms with Crippen molar-refractivity contribution in [1.82, 2.24) is 0 Å². The van der Waals surface area contributed by atoms with Crippen molar-refractivity contribution in [3.8, 4) is 12.1 Å². The molecule has 1 atom stereocenters. The molecule has 1 spiro atoms. The minimum atomic E-state index is 0.336. The number of hydrogen-bond donors (Lipinski definition) is 0. The highest BCUT2D eigenvalue weighted by Crippen LogP contribution is 2.42. The van der Waals surface area contributed by atoms with Gasteiger partial charge in [0.25, 0.3) is 0 Å². The number of para-hydroxylation sites is 1. The average molecular weight is 277 g/mol. The first-order valence-electron chi connectivity index (χ1n) is 7.61. The first-order chi connectivity index (χ1) is 10.3. The topological polar surface area (TPSA) is 50.8 Å². The van der Waals surface area contributed by atoms with Crippen LogP contribution in [0.15, 0.2) is 30.4 Å². The second-order valence-corrected chi connectivity index (χ2v) is 6.16. The molecule has 3 heteroatoms. The predicted octanol–water partition coefficient (Wildman–Crippen LogP) is 3.76. The lowest BCUT2D eigenvalue weighted by atomic mass is 9.71. The van der Waals surface area contributed by atoms with Crippen LogP contribution in [0.2, 0.25) is 0 Å². The molecule has 1 fully saturated rings. The van der Waals surface area contributed by atoms with E-state index in [0.717, 1.165) is 38.0 Å². The van der Waals surface area contributed by atoms with E-state index in [1.165, 1.54) is 12.8 Å². The summed E-state index contributed by atoms with van der Waals surface area (Å²) >= 11 is 0. The van der Waals surface area contributed by atoms with Crippen LogP contribution in [0.25, 0.3) is 0 Å². The zero-order chi connectivity index (χ0) is 14.7. The van der Waals surface area contributed by atoms with Crippen molar-refractivity contribution in [2.75, 3.05) is 18.0 Å². The molecule has 1 aromatic rings. The predicted molar refractivity (Wildman–Crippen MR) is 82.7 cm³/mol. The lowest BCUT2D eigenvalue weighted by molar-refractivity contribution is 0.209. The molecular weight excluding hydrogens is 258 g/mol. The van der Waals surface area contributed by atoms with Crippen LogP contribution in [-0.4, -0.2) is 13.1 Å². The maximum Gasteiger partial charge on any atom is 0.101 e. The number of allylic oxidation sites excluding steroid dienone is 2. The van der Waals surface area contributed by atoms with Crippen LogP contribution in [0, 0.1) is 28.1 Å². The summed E-state index contributed by atoms with van der Waals surface area (Å²) in [4.78, 5) is 2.28. The third-order valence-electron chi connectivity index (χ3n) is 4.81. The molecule has 3 nitrogen and oxygen atoms in total. The summed E-state index contributed by atoms with van der Waals surface area (Å²) in [5.74, 6) is 0. The SMILES string of the molecule is N#Cc1cccc(C#N)c1N1CCCC2(CC=CCC2)C1. The summed E-state index contributed by atoms with van der Waals surface area (Å²) < 4.78 is 0. The Bertz CT molecular complexity index is 615. The number of rotatable bonds is 1. The quantitative estimate of drug-likeness (QED) is 0.734. The average Bonchev–Trinajstić information content (AvgIpc) is 2.54. The van der Waals surface area contributed by atoms with Gasteiger partial charge in [0.05, 0.1) is 16.8 Å². The monoisotopic (exact) mass is 277 g/mol. The fourth-order valence-electron chi connectivity index (χ4n) is 3.78. The van der Waals surface area contributed by atoms with Crippen molar-refractivity contribution in [2.45, 2.75) is 32.1 Å². The van der Waals surface area contributed by atoms with Gasteiger partial charge in [0.2, 0.25) is 0 Å². The van der Waals surface area contributed by atoms with E-state index in [4.69, 9.17) is 0 Å². The van der Waals surface area contributed by atoms with Gasteiger partial charge in [0.15, 0.2) is 0 Å². The maximum atomic E-state index is 9.37. The Labute approximate surface area is 126 Å². The fourth-order valence-corrected chi connectivity index (χ4v) is 3.78. The standard InChI is InChI=1S/C18H19N3/c19-12-15-6-4-7-16(13-20)17(15)21-11-5-10-18(14-21)8-2-1-3-9-18/h1-2,4,6-7H,3,5,8-11,14H2. The van der Waals surface area contributed by atoms with Crippen LogP contribution >= 0.6 is 0 Å². The van der Waals surface area contributed by atoms with Crippen LogP contribution in [0.1, 0.15) is 43.2 Å². The molecule has 1 saturated heterocycles. The van der Waals surface area contributed by atoms with Gasteiger partial charge in [-0.2, -0.15) is 10.5 Å². The van der Waals surface area contributed by atoms with E-state index in [2.05, 4.69) is 29.2 Å². The number of nitrogens with zero attached hydrogens (tertiary/aromatic N) is 3. The molecule has 0 radical (unpaired) electrons. The van der Waals surface area contributed by atoms with Crippen LogP contribution in [0.4, 0.5) is 5.69 Å². The van der Waals surface area contributed by atoms with Crippen molar-refractivity contribution < 1.29 is 0 Å². The van der Waals surface area contributed by atoms with Crippen LogP contribution in [0.5, 0.6) is 0 Å². The van der Waals surface area contributed by atoms with Gasteiger partial charge < -0.3 is 4.90 Å². The summed E-state index contributed by atoms with van der Waals surface area (Å²) in [6, 6.07) is 9.94. The van der Waals surface area contributed by atoms with Gasteiger partial charge in [-0.3, -0.25) is 0 Å². The second-order valence-electron chi connectivity index (χ2n) is 6.16. The third-order valence-corrected chi connectivity index (χ3v) is 4.81. The van der Waals surface area contributed by atoms with Crippen LogP contribution in [-0.2, 0) is 0 Å². The Morgan fingerprint density at radius 3 is 2.43 bits per heavy atom. The Morgan fingerprint density at radius 2 is 1.81 bits per heavy atom. The number of hydrogen-bond acceptors (Lipinski definition) is 3. The number of piperidine rings is 1. The molecule has 1 aliphatic heterocycles. The van der Waals surface area contributed by atoms with Gasteiger partial charge in [-0.15, -0.1) is 0 Å². The Balaban J connectivity index is 1.96. The Kier molecular flexibility index (Phi) is 3.67. The Hall–Kier alpha value is -2.26. The van der Waals surface area contributed by atoms with Gasteiger partial charge in [-0.1, -0.05) is 18.2 Å². The van der Waals surface area contributed by atoms with Gasteiger partial charge in [0.1, 0.15) is 12.1 Å². The minimum Gasteiger partial charge on any atom is -0.369 e. The molecule has 106 valence electrons. The number of anilines is 1. The molecule has 3 rings (SSSR count). The lowest BCUT2D eigenvalue weighted by Gasteiger charge is -2.45. The van der Waals surface area contributed by atoms with E-state index < -0.39 is 0 Å². The Morgan fingerprint density at radius 1 is 1.05 bits per heavy atom. The molecule has 2 aliphatic rings. The normalized spacial score (nSPS) is 24.6. The molecule has 1 unspecified atom stereocenters. The molecule has 0 aromatic heterocycles. The van der Waals surface area contributed by atoms with Crippen molar-refractivity contribution in [2.24, 2.45) is 5.41 Å². The molecule has 1 heterocycles. The van der Waals surface area contributed by atoms with E-state index in [1.807, 2.05) is 12.1 Å². The lowest BCUT2D eigenvalue weighted by Crippen LogP contribution is -2.44. The van der Waals surface area contributed by atoms with Crippen molar-refractivity contribution >= 4 is 5.69 Å². The molecule has 1 aliphatic carbocycles. The van der Waals surface area contributed by atoms with Gasteiger partial charge >= 0.3 is 0 Å². The molecule has 1 aromatic carbocycles. The van der Waals surface area contributed by atoms with Gasteiger partial charge in [-0.25, -0.2) is 0 Å². The summed E-state index contributed by atoms with van der Waals surface area (Å²) in [7, 11) is 0. The largest absolute Gasteiger partial charge is 0.369 e. The van der Waals surface area contributed by atoms with E-state index in [-0.39, 0.29) is 0 Å². The van der Waals surface area contributed by atoms with Gasteiger partial charge in [-0.05, 0) is 49.7 Å². The van der Waals surface area contributed by atoms with Crippen molar-refractivity contribution in [3.05, 3.63) is 41.5 Å². The number of benzene rings is 1. The second kappa shape index (κ2) is 5.62. The van der Waals surface area contributed by atoms with Crippen LogP contribution in [0.3, 0.4) is 0 Å². The highest BCUT2D eigenvalue weighted by molar-refractivity contribution is 5.68. The maximum absolute atomic E-state index is 9.37. The van der Waals surface area contributed by atoms with E-state index >= 15 is 0 Å². The van der Waals surface area contributed by atoms with Crippen LogP contribution < -0.4 is 4.90 Å². The van der Waals surface area contributed by atoms with Crippen molar-refractivity contribution in [1.29, 1.82) is 10.5 Å². The zero-order valence-electron chi connectivity index (χ0n) is 12.2. The number of nitriles is 2. The van der Waals surface area contributed by atoms with Gasteiger partial charge in [0, 0.05) is 13.1 Å². The highest BCUT2D eigenvalue weighted by Gasteiger charge is 2.36. The molecule has 21 heavy (non-hydrogen) atoms. The zero-order valence-corrected chi connectivity index (χ0v) is 12.2. The molecule has 0 N–H and O–H groups in total. The minimum absolute atomic E-state index is 0.336. The smallest absolute Gasteiger partial charge is 0.101 e. The van der Waals surface area contributed by atoms with E-state index in [1.54, 1.807) is 6.07 Å².